The standard InChI is InChI=1S/C15H13NO6S2/c17-16(18)10-12(11-6-2-1-3-7-11)15-23(19,20)13-8-4-5-9-14(13)24(15,21)22/h1-9,12,15H,10H2. The molecule has 2 aromatic rings. The smallest absolute Gasteiger partial charge is 0.212 e. The fourth-order valence-corrected chi connectivity index (χ4v) is 8.72. The number of fused-ring (bicyclic) bond motifs is 1. The minimum Gasteiger partial charge on any atom is -0.265 e. The maximum atomic E-state index is 12.8. The first kappa shape index (κ1) is 16.6. The molecule has 0 fully saturated rings. The average molecular weight is 367 g/mol. The summed E-state index contributed by atoms with van der Waals surface area (Å²) in [6.07, 6.45) is 0. The highest BCUT2D eigenvalue weighted by Crippen LogP contribution is 2.44. The molecule has 9 heteroatoms. The van der Waals surface area contributed by atoms with Crippen molar-refractivity contribution in [1.82, 2.24) is 0 Å². The van der Waals surface area contributed by atoms with E-state index in [0.29, 0.717) is 5.56 Å². The second kappa shape index (κ2) is 5.67. The van der Waals surface area contributed by atoms with Crippen molar-refractivity contribution in [3.05, 3.63) is 70.3 Å². The van der Waals surface area contributed by atoms with E-state index in [1.165, 1.54) is 36.4 Å². The van der Waals surface area contributed by atoms with Gasteiger partial charge in [-0.1, -0.05) is 42.5 Å². The molecule has 3 rings (SSSR count). The Morgan fingerprint density at radius 2 is 1.33 bits per heavy atom. The third kappa shape index (κ3) is 2.49. The lowest BCUT2D eigenvalue weighted by atomic mass is 10.0. The van der Waals surface area contributed by atoms with Gasteiger partial charge >= 0.3 is 0 Å². The zero-order valence-electron chi connectivity index (χ0n) is 12.3. The molecule has 7 nitrogen and oxygen atoms in total. The lowest BCUT2D eigenvalue weighted by molar-refractivity contribution is -0.482. The van der Waals surface area contributed by atoms with Crippen molar-refractivity contribution in [1.29, 1.82) is 0 Å². The van der Waals surface area contributed by atoms with Gasteiger partial charge in [0, 0.05) is 4.92 Å². The van der Waals surface area contributed by atoms with Crippen LogP contribution in [-0.4, -0.2) is 32.9 Å². The molecule has 0 bridgehead atoms. The van der Waals surface area contributed by atoms with Gasteiger partial charge in [-0.15, -0.1) is 0 Å². The maximum Gasteiger partial charge on any atom is 0.212 e. The van der Waals surface area contributed by atoms with Crippen LogP contribution in [0.1, 0.15) is 11.5 Å². The highest BCUT2D eigenvalue weighted by molar-refractivity contribution is 8.11. The van der Waals surface area contributed by atoms with Crippen molar-refractivity contribution in [2.45, 2.75) is 20.3 Å². The number of hydrogen-bond donors (Lipinski definition) is 0. The summed E-state index contributed by atoms with van der Waals surface area (Å²) >= 11 is 0. The molecular formula is C15H13NO6S2. The first-order chi connectivity index (χ1) is 11.3. The topological polar surface area (TPSA) is 111 Å². The summed E-state index contributed by atoms with van der Waals surface area (Å²) in [6.45, 7) is -0.791. The third-order valence-corrected chi connectivity index (χ3v) is 9.44. The number of benzene rings is 2. The molecule has 2 aromatic carbocycles. The Kier molecular flexibility index (Phi) is 3.92. The van der Waals surface area contributed by atoms with Crippen molar-refractivity contribution in [2.24, 2.45) is 0 Å². The highest BCUT2D eigenvalue weighted by Gasteiger charge is 2.54. The van der Waals surface area contributed by atoms with Gasteiger partial charge in [0.15, 0.2) is 24.3 Å². The molecule has 126 valence electrons. The van der Waals surface area contributed by atoms with E-state index in [2.05, 4.69) is 0 Å². The molecule has 1 unspecified atom stereocenters. The van der Waals surface area contributed by atoms with Crippen LogP contribution in [0.3, 0.4) is 0 Å². The molecule has 0 N–H and O–H groups in total. The summed E-state index contributed by atoms with van der Waals surface area (Å²) in [7, 11) is -8.48. The Bertz CT molecular complexity index is 946. The van der Waals surface area contributed by atoms with Gasteiger partial charge in [-0.2, -0.15) is 0 Å². The number of rotatable bonds is 4. The second-order valence-electron chi connectivity index (χ2n) is 5.44. The summed E-state index contributed by atoms with van der Waals surface area (Å²) < 4.78 is 49.3. The van der Waals surface area contributed by atoms with Crippen LogP contribution < -0.4 is 0 Å². The maximum absolute atomic E-state index is 12.8. The number of hydrogen-bond acceptors (Lipinski definition) is 6. The minimum atomic E-state index is -4.24. The molecule has 1 atom stereocenters. The van der Waals surface area contributed by atoms with E-state index in [-0.39, 0.29) is 9.79 Å². The molecule has 1 heterocycles. The molecule has 0 amide bonds. The van der Waals surface area contributed by atoms with Crippen LogP contribution in [0.4, 0.5) is 0 Å². The second-order valence-corrected chi connectivity index (χ2v) is 9.81. The molecule has 1 aliphatic rings. The number of sulfone groups is 2. The van der Waals surface area contributed by atoms with E-state index in [0.717, 1.165) is 0 Å². The third-order valence-electron chi connectivity index (χ3n) is 3.98. The molecule has 0 saturated carbocycles. The summed E-state index contributed by atoms with van der Waals surface area (Å²) in [5.74, 6) is -1.29. The SMILES string of the molecule is O=[N+]([O-])CC(c1ccccc1)C1S(=O)(=O)c2ccccc2S1(=O)=O. The van der Waals surface area contributed by atoms with Crippen LogP contribution in [0.25, 0.3) is 0 Å². The van der Waals surface area contributed by atoms with Crippen molar-refractivity contribution < 1.29 is 21.8 Å². The van der Waals surface area contributed by atoms with Gasteiger partial charge in [0.1, 0.15) is 0 Å². The van der Waals surface area contributed by atoms with Gasteiger partial charge in [0.25, 0.3) is 0 Å². The lowest BCUT2D eigenvalue weighted by Gasteiger charge is -2.19. The zero-order chi connectivity index (χ0) is 17.5. The van der Waals surface area contributed by atoms with Crippen LogP contribution in [-0.2, 0) is 19.7 Å². The van der Waals surface area contributed by atoms with Gasteiger partial charge in [-0.3, -0.25) is 10.1 Å². The molecular weight excluding hydrogens is 354 g/mol. The minimum absolute atomic E-state index is 0.292. The molecule has 1 aliphatic heterocycles. The summed E-state index contributed by atoms with van der Waals surface area (Å²) in [4.78, 5) is 9.78. The van der Waals surface area contributed by atoms with E-state index in [4.69, 9.17) is 0 Å². The monoisotopic (exact) mass is 367 g/mol. The predicted octanol–water partition coefficient (Wildman–Crippen LogP) is 1.63. The average Bonchev–Trinajstić information content (AvgIpc) is 2.69. The molecule has 0 saturated heterocycles. The van der Waals surface area contributed by atoms with Gasteiger partial charge in [0.05, 0.1) is 15.7 Å². The predicted molar refractivity (Wildman–Crippen MR) is 85.6 cm³/mol. The molecule has 24 heavy (non-hydrogen) atoms. The van der Waals surface area contributed by atoms with Crippen molar-refractivity contribution in [2.75, 3.05) is 6.54 Å². The van der Waals surface area contributed by atoms with Crippen LogP contribution >= 0.6 is 0 Å². The lowest BCUT2D eigenvalue weighted by Crippen LogP contribution is -2.34. The van der Waals surface area contributed by atoms with E-state index >= 15 is 0 Å². The van der Waals surface area contributed by atoms with Crippen molar-refractivity contribution in [3.8, 4) is 0 Å². The van der Waals surface area contributed by atoms with Crippen LogP contribution in [0.2, 0.25) is 0 Å². The quantitative estimate of drug-likeness (QED) is 0.600. The van der Waals surface area contributed by atoms with Crippen molar-refractivity contribution in [3.63, 3.8) is 0 Å². The van der Waals surface area contributed by atoms with Crippen molar-refractivity contribution >= 4 is 19.7 Å². The Morgan fingerprint density at radius 1 is 0.875 bits per heavy atom. The van der Waals surface area contributed by atoms with Gasteiger partial charge in [0.2, 0.25) is 6.54 Å². The summed E-state index contributed by atoms with van der Waals surface area (Å²) in [6, 6.07) is 13.1. The Balaban J connectivity index is 2.24. The Labute approximate surface area is 138 Å². The fraction of sp³-hybridized carbons (Fsp3) is 0.200. The van der Waals surface area contributed by atoms with Crippen LogP contribution in [0, 0.1) is 10.1 Å². The fourth-order valence-electron chi connectivity index (χ4n) is 2.98. The van der Waals surface area contributed by atoms with E-state index in [1.54, 1.807) is 18.2 Å². The largest absolute Gasteiger partial charge is 0.265 e. The highest BCUT2D eigenvalue weighted by atomic mass is 32.3. The number of nitro groups is 1. The molecule has 0 radical (unpaired) electrons. The van der Waals surface area contributed by atoms with E-state index in [1.807, 2.05) is 0 Å². The zero-order valence-corrected chi connectivity index (χ0v) is 13.9. The molecule has 0 spiro atoms. The van der Waals surface area contributed by atoms with Crippen LogP contribution in [0.5, 0.6) is 0 Å². The number of nitrogens with zero attached hydrogens (tertiary/aromatic N) is 1. The Hall–Kier alpha value is -2.26. The summed E-state index contributed by atoms with van der Waals surface area (Å²) in [5.41, 5.74) is 0.305. The van der Waals surface area contributed by atoms with E-state index in [9.17, 15) is 26.9 Å². The van der Waals surface area contributed by atoms with Gasteiger partial charge in [-0.05, 0) is 17.7 Å². The molecule has 0 aromatic heterocycles. The summed E-state index contributed by atoms with van der Waals surface area (Å²) in [5, 5.41) is 11.1. The van der Waals surface area contributed by atoms with E-state index < -0.39 is 41.6 Å². The Morgan fingerprint density at radius 3 is 1.79 bits per heavy atom. The molecule has 0 aliphatic carbocycles. The van der Waals surface area contributed by atoms with Gasteiger partial charge in [-0.25, -0.2) is 16.8 Å². The first-order valence-corrected chi connectivity index (χ1v) is 10.1. The normalized spacial score (nSPS) is 19.5. The first-order valence-electron chi connectivity index (χ1n) is 7.00. The van der Waals surface area contributed by atoms with Crippen LogP contribution in [0.15, 0.2) is 64.4 Å². The van der Waals surface area contributed by atoms with Gasteiger partial charge < -0.3 is 0 Å².